The summed E-state index contributed by atoms with van der Waals surface area (Å²) in [5.41, 5.74) is -1.16. The van der Waals surface area contributed by atoms with E-state index in [1.807, 2.05) is 0 Å². The van der Waals surface area contributed by atoms with Crippen molar-refractivity contribution in [3.63, 3.8) is 0 Å². The molecule has 0 radical (unpaired) electrons. The normalized spacial score (nSPS) is 23.4. The largest absolute Gasteiger partial charge is 0.451 e. The molecule has 2 bridgehead atoms. The number of carbonyl (C=O) groups excluding carboxylic acids is 3. The van der Waals surface area contributed by atoms with Crippen molar-refractivity contribution in [1.29, 1.82) is 0 Å². The fourth-order valence-corrected chi connectivity index (χ4v) is 3.00. The fraction of sp³-hybridized carbons (Fsp3) is 0.278. The van der Waals surface area contributed by atoms with Gasteiger partial charge in [-0.15, -0.1) is 0 Å². The van der Waals surface area contributed by atoms with Crippen molar-refractivity contribution < 1.29 is 28.6 Å². The Hall–Kier alpha value is -2.84. The summed E-state index contributed by atoms with van der Waals surface area (Å²) in [6.07, 6.45) is 3.99. The first-order valence-electron chi connectivity index (χ1n) is 7.98. The van der Waals surface area contributed by atoms with E-state index in [-0.39, 0.29) is 6.61 Å². The van der Waals surface area contributed by atoms with Gasteiger partial charge in [-0.2, -0.15) is 10.0 Å². The molecule has 4 rings (SSSR count). The molecule has 0 aromatic heterocycles. The van der Waals surface area contributed by atoms with Crippen molar-refractivity contribution in [1.82, 2.24) is 10.0 Å². The van der Waals surface area contributed by atoms with Gasteiger partial charge in [0.15, 0.2) is 0 Å². The quantitative estimate of drug-likeness (QED) is 0.735. The first-order chi connectivity index (χ1) is 12.9. The van der Waals surface area contributed by atoms with Gasteiger partial charge in [0.05, 0.1) is 26.9 Å². The molecule has 0 N–H and O–H groups in total. The highest BCUT2D eigenvalue weighted by molar-refractivity contribution is 6.30. The number of methoxy groups -OCH3 is 2. The number of hydrazine groups is 1. The van der Waals surface area contributed by atoms with Gasteiger partial charge in [-0.3, -0.25) is 4.79 Å². The van der Waals surface area contributed by atoms with Crippen molar-refractivity contribution in [2.75, 3.05) is 14.2 Å². The highest BCUT2D eigenvalue weighted by atomic mass is 35.5. The third-order valence-corrected chi connectivity index (χ3v) is 4.46. The summed E-state index contributed by atoms with van der Waals surface area (Å²) in [7, 11) is 2.32. The number of rotatable bonds is 3. The van der Waals surface area contributed by atoms with Crippen LogP contribution in [0.1, 0.15) is 5.56 Å². The van der Waals surface area contributed by atoms with Gasteiger partial charge in [-0.25, -0.2) is 9.59 Å². The predicted molar refractivity (Wildman–Crippen MR) is 94.5 cm³/mol. The summed E-state index contributed by atoms with van der Waals surface area (Å²) < 4.78 is 15.4. The Morgan fingerprint density at radius 3 is 2.41 bits per heavy atom. The summed E-state index contributed by atoms with van der Waals surface area (Å²) in [5.74, 6) is -0.535. The van der Waals surface area contributed by atoms with Gasteiger partial charge >= 0.3 is 12.2 Å². The van der Waals surface area contributed by atoms with Crippen LogP contribution >= 0.6 is 11.6 Å². The maximum atomic E-state index is 12.8. The van der Waals surface area contributed by atoms with Gasteiger partial charge in [-0.1, -0.05) is 35.9 Å². The van der Waals surface area contributed by atoms with E-state index < -0.39 is 29.7 Å². The molecule has 0 saturated heterocycles. The molecule has 1 aromatic carbocycles. The summed E-state index contributed by atoms with van der Waals surface area (Å²) >= 11 is 5.88. The van der Waals surface area contributed by atoms with Crippen LogP contribution in [0, 0.1) is 0 Å². The Labute approximate surface area is 160 Å². The Morgan fingerprint density at radius 2 is 1.78 bits per heavy atom. The van der Waals surface area contributed by atoms with E-state index in [1.165, 1.54) is 25.3 Å². The van der Waals surface area contributed by atoms with E-state index in [4.69, 9.17) is 25.8 Å². The minimum absolute atomic E-state index is 0.0196. The zero-order valence-electron chi connectivity index (χ0n) is 14.6. The lowest BCUT2D eigenvalue weighted by Gasteiger charge is -2.46. The van der Waals surface area contributed by atoms with Crippen LogP contribution in [-0.4, -0.2) is 54.0 Å². The molecule has 1 aromatic rings. The number of nitrogens with zero attached hydrogens (tertiary/aromatic N) is 2. The van der Waals surface area contributed by atoms with E-state index in [0.717, 1.165) is 22.7 Å². The number of hydrogen-bond acceptors (Lipinski definition) is 6. The van der Waals surface area contributed by atoms with Crippen LogP contribution in [0.5, 0.6) is 0 Å². The van der Waals surface area contributed by atoms with Crippen LogP contribution in [0.4, 0.5) is 9.59 Å². The van der Waals surface area contributed by atoms with E-state index >= 15 is 0 Å². The number of hydrogen-bond donors (Lipinski definition) is 0. The first-order valence-corrected chi connectivity index (χ1v) is 8.36. The summed E-state index contributed by atoms with van der Waals surface area (Å²) in [5, 5.41) is 2.37. The zero-order valence-corrected chi connectivity index (χ0v) is 15.4. The number of amides is 2. The molecule has 2 heterocycles. The SMILES string of the molecule is COC(=O)N1[C@H]2C=CC(=O)[C@](OCc3ccc(Cl)cc3)(C=C2)N1C(=O)OC. The number of ether oxygens (including phenoxy) is 3. The van der Waals surface area contributed by atoms with Crippen LogP contribution in [0.25, 0.3) is 0 Å². The summed E-state index contributed by atoms with van der Waals surface area (Å²) in [6.45, 7) is -0.0196. The van der Waals surface area contributed by atoms with Crippen molar-refractivity contribution in [3.05, 3.63) is 59.2 Å². The van der Waals surface area contributed by atoms with Crippen LogP contribution in [0.3, 0.4) is 0 Å². The second-order valence-corrected chi connectivity index (χ2v) is 6.22. The molecule has 2 amide bonds. The van der Waals surface area contributed by atoms with Crippen molar-refractivity contribution in [2.45, 2.75) is 18.4 Å². The molecule has 8 nitrogen and oxygen atoms in total. The zero-order chi connectivity index (χ0) is 19.6. The minimum atomic E-state index is -1.88. The number of benzene rings is 1. The Kier molecular flexibility index (Phi) is 5.20. The second-order valence-electron chi connectivity index (χ2n) is 5.78. The predicted octanol–water partition coefficient (Wildman–Crippen LogP) is 2.68. The van der Waals surface area contributed by atoms with E-state index in [9.17, 15) is 14.4 Å². The third-order valence-electron chi connectivity index (χ3n) is 4.21. The highest BCUT2D eigenvalue weighted by Gasteiger charge is 2.55. The molecule has 9 heteroatoms. The lowest BCUT2D eigenvalue weighted by molar-refractivity contribution is -0.194. The van der Waals surface area contributed by atoms with Gasteiger partial charge < -0.3 is 14.2 Å². The number of fused-ring (bicyclic) bond motifs is 2. The van der Waals surface area contributed by atoms with Gasteiger partial charge in [0.25, 0.3) is 0 Å². The molecule has 0 unspecified atom stereocenters. The molecule has 0 fully saturated rings. The standard InChI is InChI=1S/C18H17ClN2O6/c1-25-16(23)20-14-7-8-15(22)18(10-9-14,21(20)17(24)26-2)27-11-12-3-5-13(19)6-4-12/h3-10,14H,11H2,1-2H3/t14-,18+/m0/s1. The first kappa shape index (κ1) is 18.9. The fourth-order valence-electron chi connectivity index (χ4n) is 2.87. The molecule has 2 atom stereocenters. The molecule has 0 saturated carbocycles. The molecular formula is C18H17ClN2O6. The van der Waals surface area contributed by atoms with Gasteiger partial charge in [-0.05, 0) is 29.8 Å². The number of carbonyl (C=O) groups is 3. The Balaban J connectivity index is 2.02. The van der Waals surface area contributed by atoms with Gasteiger partial charge in [0, 0.05) is 5.02 Å². The van der Waals surface area contributed by atoms with Crippen LogP contribution < -0.4 is 0 Å². The molecule has 0 spiro atoms. The average molecular weight is 393 g/mol. The maximum absolute atomic E-state index is 12.8. The van der Waals surface area contributed by atoms with E-state index in [2.05, 4.69) is 0 Å². The van der Waals surface area contributed by atoms with Gasteiger partial charge in [0.1, 0.15) is 0 Å². The van der Waals surface area contributed by atoms with Crippen LogP contribution in [0.2, 0.25) is 5.02 Å². The molecule has 27 heavy (non-hydrogen) atoms. The Bertz CT molecular complexity index is 822. The van der Waals surface area contributed by atoms with Crippen LogP contribution in [0.15, 0.2) is 48.6 Å². The average Bonchev–Trinajstić information content (AvgIpc) is 2.92. The smallest absolute Gasteiger partial charge is 0.432 e. The van der Waals surface area contributed by atoms with Crippen molar-refractivity contribution in [3.8, 4) is 0 Å². The van der Waals surface area contributed by atoms with Crippen molar-refractivity contribution >= 4 is 29.6 Å². The molecule has 3 aliphatic rings. The lowest BCUT2D eigenvalue weighted by Crippen LogP contribution is -2.67. The van der Waals surface area contributed by atoms with Gasteiger partial charge in [0.2, 0.25) is 11.5 Å². The number of ketones is 1. The number of halogens is 1. The molecule has 142 valence electrons. The highest BCUT2D eigenvalue weighted by Crippen LogP contribution is 2.35. The van der Waals surface area contributed by atoms with E-state index in [0.29, 0.717) is 5.02 Å². The van der Waals surface area contributed by atoms with Crippen molar-refractivity contribution in [2.24, 2.45) is 0 Å². The second kappa shape index (κ2) is 7.42. The maximum Gasteiger partial charge on any atom is 0.432 e. The third kappa shape index (κ3) is 3.29. The monoisotopic (exact) mass is 392 g/mol. The van der Waals surface area contributed by atoms with Crippen LogP contribution in [-0.2, 0) is 25.6 Å². The lowest BCUT2D eigenvalue weighted by atomic mass is 10.1. The molecular weight excluding hydrogens is 376 g/mol. The summed E-state index contributed by atoms with van der Waals surface area (Å²) in [6, 6.07) is 6.12. The van der Waals surface area contributed by atoms with E-state index in [1.54, 1.807) is 30.3 Å². The Morgan fingerprint density at radius 1 is 1.11 bits per heavy atom. The summed E-state index contributed by atoms with van der Waals surface area (Å²) in [4.78, 5) is 37.6. The minimum Gasteiger partial charge on any atom is -0.451 e. The molecule has 2 aliphatic heterocycles. The molecule has 1 aliphatic carbocycles. The topological polar surface area (TPSA) is 85.4 Å².